The van der Waals surface area contributed by atoms with Crippen molar-refractivity contribution >= 4 is 35.3 Å². The maximum atomic E-state index is 12.8. The SMILES string of the molecule is COc1cccc(/C=C2/Sc3ccc(C(=O)N[C@@H]4CCC[C@@H](C)[C@H]4C)cc3NC2=O)c1. The zero-order valence-electron chi connectivity index (χ0n) is 18.1. The predicted octanol–water partition coefficient (Wildman–Crippen LogP) is 5.34. The molecule has 1 aliphatic carbocycles. The van der Waals surface area contributed by atoms with Crippen LogP contribution in [0.5, 0.6) is 5.75 Å². The van der Waals surface area contributed by atoms with Gasteiger partial charge in [0, 0.05) is 16.5 Å². The number of thioether (sulfide) groups is 1. The Kier molecular flexibility index (Phi) is 6.37. The topological polar surface area (TPSA) is 67.4 Å². The van der Waals surface area contributed by atoms with Crippen LogP contribution in [-0.4, -0.2) is 25.0 Å². The summed E-state index contributed by atoms with van der Waals surface area (Å²) in [6.07, 6.45) is 5.24. The van der Waals surface area contributed by atoms with Gasteiger partial charge in [0.05, 0.1) is 17.7 Å². The minimum Gasteiger partial charge on any atom is -0.497 e. The molecular weight excluding hydrogens is 408 g/mol. The number of hydrogen-bond donors (Lipinski definition) is 2. The lowest BCUT2D eigenvalue weighted by Gasteiger charge is -2.34. The summed E-state index contributed by atoms with van der Waals surface area (Å²) in [6, 6.07) is 13.3. The van der Waals surface area contributed by atoms with E-state index in [0.717, 1.165) is 29.1 Å². The van der Waals surface area contributed by atoms with Crippen molar-refractivity contribution in [3.05, 3.63) is 58.5 Å². The van der Waals surface area contributed by atoms with Crippen LogP contribution in [0.15, 0.2) is 52.3 Å². The van der Waals surface area contributed by atoms with E-state index >= 15 is 0 Å². The van der Waals surface area contributed by atoms with Crippen molar-refractivity contribution < 1.29 is 14.3 Å². The molecule has 1 fully saturated rings. The summed E-state index contributed by atoms with van der Waals surface area (Å²) in [7, 11) is 1.62. The average Bonchev–Trinajstić information content (AvgIpc) is 2.77. The van der Waals surface area contributed by atoms with Gasteiger partial charge in [-0.05, 0) is 60.2 Å². The molecule has 5 nitrogen and oxygen atoms in total. The first kappa shape index (κ1) is 21.5. The van der Waals surface area contributed by atoms with E-state index in [1.54, 1.807) is 13.2 Å². The molecule has 0 saturated heterocycles. The molecule has 3 atom stereocenters. The summed E-state index contributed by atoms with van der Waals surface area (Å²) < 4.78 is 5.25. The molecule has 4 rings (SSSR count). The average molecular weight is 437 g/mol. The second-order valence-corrected chi connectivity index (χ2v) is 9.48. The van der Waals surface area contributed by atoms with E-state index in [1.165, 1.54) is 18.2 Å². The fraction of sp³-hybridized carbons (Fsp3) is 0.360. The zero-order chi connectivity index (χ0) is 22.0. The van der Waals surface area contributed by atoms with Crippen LogP contribution in [0, 0.1) is 11.8 Å². The number of carbonyl (C=O) groups excluding carboxylic acids is 2. The number of rotatable bonds is 4. The third kappa shape index (κ3) is 4.79. The van der Waals surface area contributed by atoms with E-state index in [4.69, 9.17) is 4.74 Å². The molecular formula is C25H28N2O3S. The molecule has 0 spiro atoms. The zero-order valence-corrected chi connectivity index (χ0v) is 18.9. The summed E-state index contributed by atoms with van der Waals surface area (Å²) in [4.78, 5) is 27.0. The van der Waals surface area contributed by atoms with Crippen molar-refractivity contribution in [1.29, 1.82) is 0 Å². The van der Waals surface area contributed by atoms with Crippen LogP contribution in [0.1, 0.15) is 49.0 Å². The second-order valence-electron chi connectivity index (χ2n) is 8.40. The number of benzene rings is 2. The first-order chi connectivity index (χ1) is 14.9. The van der Waals surface area contributed by atoms with Crippen LogP contribution in [0.3, 0.4) is 0 Å². The molecule has 2 N–H and O–H groups in total. The van der Waals surface area contributed by atoms with E-state index in [2.05, 4.69) is 24.5 Å². The molecule has 2 amide bonds. The van der Waals surface area contributed by atoms with E-state index in [1.807, 2.05) is 42.5 Å². The standard InChI is InChI=1S/C25H28N2O3S/c1-15-6-4-9-20(16(15)2)26-24(28)18-10-11-22-21(14-18)27-25(29)23(31-22)13-17-7-5-8-19(12-17)30-3/h5,7-8,10-16,20H,4,6,9H2,1-3H3,(H,26,28)(H,27,29)/b23-13+/t15-,16-,20-/m1/s1. The fourth-order valence-electron chi connectivity index (χ4n) is 4.22. The highest BCUT2D eigenvalue weighted by Gasteiger charge is 2.29. The number of hydrogen-bond acceptors (Lipinski definition) is 4. The first-order valence-electron chi connectivity index (χ1n) is 10.7. The smallest absolute Gasteiger partial charge is 0.262 e. The van der Waals surface area contributed by atoms with Crippen LogP contribution >= 0.6 is 11.8 Å². The van der Waals surface area contributed by atoms with Crippen molar-refractivity contribution in [3.8, 4) is 5.75 Å². The van der Waals surface area contributed by atoms with Gasteiger partial charge >= 0.3 is 0 Å². The summed E-state index contributed by atoms with van der Waals surface area (Å²) in [6.45, 7) is 4.47. The van der Waals surface area contributed by atoms with Gasteiger partial charge in [0.15, 0.2) is 0 Å². The largest absolute Gasteiger partial charge is 0.497 e. The molecule has 1 aliphatic heterocycles. The van der Waals surface area contributed by atoms with E-state index < -0.39 is 0 Å². The number of fused-ring (bicyclic) bond motifs is 1. The summed E-state index contributed by atoms with van der Waals surface area (Å²) >= 11 is 1.41. The Labute approximate surface area is 187 Å². The van der Waals surface area contributed by atoms with Gasteiger partial charge in [-0.15, -0.1) is 0 Å². The predicted molar refractivity (Wildman–Crippen MR) is 125 cm³/mol. The monoisotopic (exact) mass is 436 g/mol. The molecule has 6 heteroatoms. The Morgan fingerprint density at radius 3 is 2.84 bits per heavy atom. The van der Waals surface area contributed by atoms with E-state index in [-0.39, 0.29) is 17.9 Å². The summed E-state index contributed by atoms with van der Waals surface area (Å²) in [5.41, 5.74) is 2.15. The fourth-order valence-corrected chi connectivity index (χ4v) is 5.15. The van der Waals surface area contributed by atoms with E-state index in [0.29, 0.717) is 28.0 Å². The molecule has 0 radical (unpaired) electrons. The van der Waals surface area contributed by atoms with Crippen LogP contribution in [0.4, 0.5) is 5.69 Å². The van der Waals surface area contributed by atoms with Crippen molar-refractivity contribution in [2.45, 2.75) is 44.0 Å². The Balaban J connectivity index is 1.50. The highest BCUT2D eigenvalue weighted by Crippen LogP contribution is 2.39. The Hall–Kier alpha value is -2.73. The third-order valence-corrected chi connectivity index (χ3v) is 7.45. The lowest BCUT2D eigenvalue weighted by atomic mass is 9.78. The van der Waals surface area contributed by atoms with Gasteiger partial charge in [0.25, 0.3) is 11.8 Å². The van der Waals surface area contributed by atoms with Crippen LogP contribution in [-0.2, 0) is 4.79 Å². The van der Waals surface area contributed by atoms with Crippen LogP contribution < -0.4 is 15.4 Å². The Morgan fingerprint density at radius 1 is 1.19 bits per heavy atom. The number of carbonyl (C=O) groups is 2. The lowest BCUT2D eigenvalue weighted by Crippen LogP contribution is -2.43. The van der Waals surface area contributed by atoms with Crippen molar-refractivity contribution in [1.82, 2.24) is 5.32 Å². The van der Waals surface area contributed by atoms with E-state index in [9.17, 15) is 9.59 Å². The van der Waals surface area contributed by atoms with Gasteiger partial charge in [-0.2, -0.15) is 0 Å². The van der Waals surface area contributed by atoms with Crippen molar-refractivity contribution in [3.63, 3.8) is 0 Å². The van der Waals surface area contributed by atoms with Crippen molar-refractivity contribution in [2.75, 3.05) is 12.4 Å². The quantitative estimate of drug-likeness (QED) is 0.635. The number of ether oxygens (including phenoxy) is 1. The molecule has 0 unspecified atom stereocenters. The maximum Gasteiger partial charge on any atom is 0.262 e. The minimum atomic E-state index is -0.174. The third-order valence-electron chi connectivity index (χ3n) is 6.35. The summed E-state index contributed by atoms with van der Waals surface area (Å²) in [5, 5.41) is 6.14. The highest BCUT2D eigenvalue weighted by molar-refractivity contribution is 8.04. The molecule has 2 aliphatic rings. The molecule has 1 heterocycles. The van der Waals surface area contributed by atoms with Gasteiger partial charge in [0.2, 0.25) is 0 Å². The second kappa shape index (κ2) is 9.18. The molecule has 0 aromatic heterocycles. The highest BCUT2D eigenvalue weighted by atomic mass is 32.2. The first-order valence-corrected chi connectivity index (χ1v) is 11.6. The molecule has 31 heavy (non-hydrogen) atoms. The number of amides is 2. The van der Waals surface area contributed by atoms with Gasteiger partial charge in [-0.1, -0.05) is 50.6 Å². The summed E-state index contributed by atoms with van der Waals surface area (Å²) in [5.74, 6) is 1.58. The molecule has 2 aromatic carbocycles. The molecule has 2 aromatic rings. The Morgan fingerprint density at radius 2 is 2.03 bits per heavy atom. The number of anilines is 1. The minimum absolute atomic E-state index is 0.0780. The van der Waals surface area contributed by atoms with Crippen molar-refractivity contribution in [2.24, 2.45) is 11.8 Å². The normalized spacial score (nSPS) is 24.3. The van der Waals surface area contributed by atoms with Gasteiger partial charge in [0.1, 0.15) is 5.75 Å². The Bertz CT molecular complexity index is 1030. The number of nitrogens with one attached hydrogen (secondary N) is 2. The van der Waals surface area contributed by atoms with Gasteiger partial charge < -0.3 is 15.4 Å². The molecule has 162 valence electrons. The maximum absolute atomic E-state index is 12.8. The lowest BCUT2D eigenvalue weighted by molar-refractivity contribution is -0.112. The molecule has 0 bridgehead atoms. The van der Waals surface area contributed by atoms with Crippen LogP contribution in [0.2, 0.25) is 0 Å². The number of methoxy groups -OCH3 is 1. The van der Waals surface area contributed by atoms with Crippen LogP contribution in [0.25, 0.3) is 6.08 Å². The molecule has 1 saturated carbocycles. The van der Waals surface area contributed by atoms with Gasteiger partial charge in [-0.25, -0.2) is 0 Å². The van der Waals surface area contributed by atoms with Gasteiger partial charge in [-0.3, -0.25) is 9.59 Å².